The Balaban J connectivity index is 1.47. The molecule has 3 aromatic heterocycles. The highest BCUT2D eigenvalue weighted by Gasteiger charge is 2.45. The van der Waals surface area contributed by atoms with Crippen LogP contribution in [-0.4, -0.2) is 60.5 Å². The number of aromatic nitrogens is 5. The van der Waals surface area contributed by atoms with Gasteiger partial charge < -0.3 is 19.3 Å². The first kappa shape index (κ1) is 22.2. The molecule has 6 rings (SSSR count). The van der Waals surface area contributed by atoms with Crippen molar-refractivity contribution in [2.75, 3.05) is 13.7 Å². The van der Waals surface area contributed by atoms with Gasteiger partial charge in [-0.2, -0.15) is 13.9 Å². The SMILES string of the molecule is CN1C(=O)c2cccc(OC(F)F)c2[C@H]2C[C@@H]1c1nc3ccc(C#Cc4cnn(CCO)c4)nc3n12. The zero-order valence-electron chi connectivity index (χ0n) is 19.1. The maximum absolute atomic E-state index is 13.2. The minimum atomic E-state index is -3.02. The van der Waals surface area contributed by atoms with Crippen molar-refractivity contribution >= 4 is 17.1 Å². The highest BCUT2D eigenvalue weighted by Crippen LogP contribution is 2.49. The molecule has 4 aromatic rings. The number of rotatable bonds is 4. The fourth-order valence-electron chi connectivity index (χ4n) is 5.00. The van der Waals surface area contributed by atoms with Gasteiger partial charge in [-0.05, 0) is 30.2 Å². The van der Waals surface area contributed by atoms with Gasteiger partial charge in [-0.1, -0.05) is 12.0 Å². The number of benzene rings is 1. The lowest BCUT2D eigenvalue weighted by atomic mass is 9.98. The smallest absolute Gasteiger partial charge is 0.387 e. The summed E-state index contributed by atoms with van der Waals surface area (Å²) in [6.45, 7) is -2.66. The van der Waals surface area contributed by atoms with E-state index in [9.17, 15) is 13.6 Å². The summed E-state index contributed by atoms with van der Waals surface area (Å²) in [5, 5.41) is 13.2. The summed E-state index contributed by atoms with van der Waals surface area (Å²) in [7, 11) is 1.69. The third kappa shape index (κ3) is 3.49. The number of fused-ring (bicyclic) bond motifs is 9. The summed E-state index contributed by atoms with van der Waals surface area (Å²) < 4.78 is 34.8. The third-order valence-corrected chi connectivity index (χ3v) is 6.55. The van der Waals surface area contributed by atoms with Gasteiger partial charge in [0.1, 0.15) is 22.8 Å². The average Bonchev–Trinajstić information content (AvgIpc) is 3.54. The molecule has 2 atom stereocenters. The van der Waals surface area contributed by atoms with Crippen LogP contribution in [0.25, 0.3) is 11.2 Å². The van der Waals surface area contributed by atoms with Crippen molar-refractivity contribution in [3.05, 3.63) is 70.9 Å². The lowest BCUT2D eigenvalue weighted by Gasteiger charge is -2.24. The number of aliphatic hydroxyl groups excluding tert-OH is 1. The van der Waals surface area contributed by atoms with Crippen molar-refractivity contribution in [1.82, 2.24) is 29.2 Å². The summed E-state index contributed by atoms with van der Waals surface area (Å²) >= 11 is 0. The predicted octanol–water partition coefficient (Wildman–Crippen LogP) is 2.74. The van der Waals surface area contributed by atoms with Crippen LogP contribution in [-0.2, 0) is 6.54 Å². The number of carbonyl (C=O) groups is 1. The fraction of sp³-hybridized carbons (Fsp3) is 0.280. The standard InChI is InChI=1S/C25H20F2N6O3/c1-31-19-11-18(21-16(24(31)35)3-2-4-20(21)36-25(26)27)33-22-17(30-23(19)33)8-7-15(29-22)6-5-14-12-28-32(13-14)9-10-34/h2-4,7-8,12-13,18-19,25,34H,9-11H2,1H3/t18-,19-/m1/s1. The Morgan fingerprint density at radius 2 is 2.06 bits per heavy atom. The summed E-state index contributed by atoms with van der Waals surface area (Å²) in [6.07, 6.45) is 3.82. The Hall–Kier alpha value is -4.30. The lowest BCUT2D eigenvalue weighted by Crippen LogP contribution is -2.30. The van der Waals surface area contributed by atoms with E-state index in [0.29, 0.717) is 52.3 Å². The normalized spacial score (nSPS) is 18.1. The van der Waals surface area contributed by atoms with Gasteiger partial charge in [0.25, 0.3) is 5.91 Å². The highest BCUT2D eigenvalue weighted by molar-refractivity contribution is 5.97. The molecule has 1 amide bonds. The molecular formula is C25H20F2N6O3. The molecule has 5 heterocycles. The topological polar surface area (TPSA) is 98.3 Å². The maximum Gasteiger partial charge on any atom is 0.387 e. The number of alkyl halides is 2. The van der Waals surface area contributed by atoms with E-state index in [0.717, 1.165) is 0 Å². The Labute approximate surface area is 203 Å². The number of hydrogen-bond donors (Lipinski definition) is 1. The summed E-state index contributed by atoms with van der Waals surface area (Å²) in [5.74, 6) is 6.39. The number of ether oxygens (including phenoxy) is 1. The van der Waals surface area contributed by atoms with Crippen LogP contribution in [0.3, 0.4) is 0 Å². The van der Waals surface area contributed by atoms with E-state index < -0.39 is 12.7 Å². The molecule has 0 fully saturated rings. The van der Waals surface area contributed by atoms with Crippen LogP contribution in [0.5, 0.6) is 5.75 Å². The second-order valence-corrected chi connectivity index (χ2v) is 8.62. The first-order valence-electron chi connectivity index (χ1n) is 11.3. The Kier molecular flexibility index (Phi) is 5.19. The predicted molar refractivity (Wildman–Crippen MR) is 123 cm³/mol. The van der Waals surface area contributed by atoms with Crippen LogP contribution in [0.1, 0.15) is 51.5 Å². The van der Waals surface area contributed by atoms with Gasteiger partial charge >= 0.3 is 6.61 Å². The second-order valence-electron chi connectivity index (χ2n) is 8.62. The van der Waals surface area contributed by atoms with E-state index in [1.807, 2.05) is 10.6 Å². The first-order valence-corrected chi connectivity index (χ1v) is 11.3. The minimum absolute atomic E-state index is 0.0186. The average molecular weight is 490 g/mol. The number of carbonyl (C=O) groups excluding carboxylic acids is 1. The van der Waals surface area contributed by atoms with Crippen molar-refractivity contribution in [2.24, 2.45) is 0 Å². The number of amides is 1. The number of imidazole rings is 1. The number of hydrogen-bond acceptors (Lipinski definition) is 6. The first-order chi connectivity index (χ1) is 17.4. The summed E-state index contributed by atoms with van der Waals surface area (Å²) in [4.78, 5) is 24.3. The fourth-order valence-corrected chi connectivity index (χ4v) is 5.00. The van der Waals surface area contributed by atoms with Crippen molar-refractivity contribution in [3.8, 4) is 17.6 Å². The van der Waals surface area contributed by atoms with Gasteiger partial charge in [-0.3, -0.25) is 9.48 Å². The molecule has 2 aliphatic rings. The lowest BCUT2D eigenvalue weighted by molar-refractivity contribution is -0.0507. The van der Waals surface area contributed by atoms with Gasteiger partial charge in [0.05, 0.1) is 37.0 Å². The van der Waals surface area contributed by atoms with E-state index in [2.05, 4.69) is 16.9 Å². The van der Waals surface area contributed by atoms with Crippen molar-refractivity contribution in [1.29, 1.82) is 0 Å². The molecule has 11 heteroatoms. The van der Waals surface area contributed by atoms with Crippen LogP contribution in [0.2, 0.25) is 0 Å². The second kappa shape index (κ2) is 8.42. The zero-order valence-corrected chi connectivity index (χ0v) is 19.1. The molecule has 0 spiro atoms. The Morgan fingerprint density at radius 1 is 1.19 bits per heavy atom. The van der Waals surface area contributed by atoms with E-state index in [4.69, 9.17) is 19.8 Å². The molecule has 1 N–H and O–H groups in total. The van der Waals surface area contributed by atoms with Gasteiger partial charge in [-0.15, -0.1) is 0 Å². The molecule has 9 nitrogen and oxygen atoms in total. The maximum atomic E-state index is 13.2. The molecule has 2 aliphatic heterocycles. The van der Waals surface area contributed by atoms with Crippen LogP contribution in [0.4, 0.5) is 8.78 Å². The van der Waals surface area contributed by atoms with Gasteiger partial charge in [0.2, 0.25) is 0 Å². The number of nitrogens with zero attached hydrogens (tertiary/aromatic N) is 6. The molecule has 1 aromatic carbocycles. The third-order valence-electron chi connectivity index (χ3n) is 6.55. The Morgan fingerprint density at radius 3 is 2.86 bits per heavy atom. The molecule has 182 valence electrons. The van der Waals surface area contributed by atoms with Gasteiger partial charge in [0.15, 0.2) is 5.65 Å². The Bertz CT molecular complexity index is 1570. The molecule has 0 aliphatic carbocycles. The largest absolute Gasteiger partial charge is 0.434 e. The van der Waals surface area contributed by atoms with Gasteiger partial charge in [0, 0.05) is 30.8 Å². The van der Waals surface area contributed by atoms with Crippen molar-refractivity contribution in [2.45, 2.75) is 31.7 Å². The highest BCUT2D eigenvalue weighted by atomic mass is 19.3. The number of halogens is 2. The molecule has 2 bridgehead atoms. The molecular weight excluding hydrogens is 470 g/mol. The van der Waals surface area contributed by atoms with Crippen molar-refractivity contribution in [3.63, 3.8) is 0 Å². The summed E-state index contributed by atoms with van der Waals surface area (Å²) in [5.41, 5.74) is 3.09. The molecule has 0 saturated heterocycles. The molecule has 0 radical (unpaired) electrons. The van der Waals surface area contributed by atoms with Crippen LogP contribution in [0, 0.1) is 11.8 Å². The minimum Gasteiger partial charge on any atom is -0.434 e. The van der Waals surface area contributed by atoms with E-state index in [-0.39, 0.29) is 24.3 Å². The summed E-state index contributed by atoms with van der Waals surface area (Å²) in [6, 6.07) is 7.40. The monoisotopic (exact) mass is 490 g/mol. The van der Waals surface area contributed by atoms with E-state index in [1.165, 1.54) is 6.07 Å². The van der Waals surface area contributed by atoms with E-state index >= 15 is 0 Å². The van der Waals surface area contributed by atoms with Crippen LogP contribution < -0.4 is 4.74 Å². The molecule has 0 saturated carbocycles. The van der Waals surface area contributed by atoms with Crippen LogP contribution in [0.15, 0.2) is 42.7 Å². The zero-order chi connectivity index (χ0) is 25.0. The quantitative estimate of drug-likeness (QED) is 0.442. The number of aliphatic hydroxyl groups is 1. The van der Waals surface area contributed by atoms with E-state index in [1.54, 1.807) is 47.2 Å². The number of pyridine rings is 1. The van der Waals surface area contributed by atoms with Crippen LogP contribution >= 0.6 is 0 Å². The van der Waals surface area contributed by atoms with Crippen molar-refractivity contribution < 1.29 is 23.4 Å². The molecule has 36 heavy (non-hydrogen) atoms. The van der Waals surface area contributed by atoms with Gasteiger partial charge in [-0.25, -0.2) is 9.97 Å². The molecule has 0 unspecified atom stereocenters.